The van der Waals surface area contributed by atoms with Crippen molar-refractivity contribution >= 4 is 23.7 Å². The summed E-state index contributed by atoms with van der Waals surface area (Å²) in [5.41, 5.74) is -0.505. The fraction of sp³-hybridized carbons (Fsp3) is 0.576. The summed E-state index contributed by atoms with van der Waals surface area (Å²) in [5, 5.41) is 13.1. The average molecular weight is 596 g/mol. The predicted molar refractivity (Wildman–Crippen MR) is 160 cm³/mol. The van der Waals surface area contributed by atoms with Gasteiger partial charge in [0, 0.05) is 19.0 Å². The zero-order valence-electron chi connectivity index (χ0n) is 25.4. The lowest BCUT2D eigenvalue weighted by Crippen LogP contribution is -2.59. The van der Waals surface area contributed by atoms with E-state index in [9.17, 15) is 24.3 Å². The minimum absolute atomic E-state index is 0.0638. The summed E-state index contributed by atoms with van der Waals surface area (Å²) in [5.74, 6) is -3.30. The van der Waals surface area contributed by atoms with Crippen molar-refractivity contribution in [2.75, 3.05) is 19.7 Å². The van der Waals surface area contributed by atoms with Gasteiger partial charge in [-0.3, -0.25) is 19.2 Å². The molecule has 43 heavy (non-hydrogen) atoms. The van der Waals surface area contributed by atoms with Gasteiger partial charge in [0.2, 0.25) is 17.7 Å². The average Bonchev–Trinajstić information content (AvgIpc) is 3.65. The highest BCUT2D eigenvalue weighted by Crippen LogP contribution is 2.59. The number of fused-ring (bicyclic) bond motifs is 1. The van der Waals surface area contributed by atoms with Gasteiger partial charge in [-0.1, -0.05) is 49.4 Å². The predicted octanol–water partition coefficient (Wildman–Crippen LogP) is 2.92. The van der Waals surface area contributed by atoms with Crippen LogP contribution in [0.2, 0.25) is 0 Å². The number of allylic oxidation sites excluding steroid dienone is 1. The quantitative estimate of drug-likeness (QED) is 0.236. The number of likely N-dealkylation sites (tertiary alicyclic amines) is 1. The molecule has 10 nitrogen and oxygen atoms in total. The van der Waals surface area contributed by atoms with E-state index >= 15 is 0 Å². The van der Waals surface area contributed by atoms with E-state index in [1.165, 1.54) is 4.90 Å². The standard InChI is InChI=1S/C33H45N3O7/c1-6-9-15-26(38)34-19-25(22-13-11-10-12-14-22)42-32(41)27-24-16-17-33(43-24)28(27)30(39)36(23(8-3)20-37)29(33)31(40)35(18-7-2)21(4)5/h6-7,10-14,21,23-25,27-29,37H,1-2,8-9,15-20H2,3-5H3,(H,34,38)/t23-,24-,25-,27+,28+,29-,33+/m0/s1. The topological polar surface area (TPSA) is 125 Å². The molecule has 3 fully saturated rings. The van der Waals surface area contributed by atoms with Crippen molar-refractivity contribution in [2.45, 2.75) is 88.8 Å². The van der Waals surface area contributed by atoms with Gasteiger partial charge in [-0.05, 0) is 45.1 Å². The number of hydrogen-bond acceptors (Lipinski definition) is 7. The van der Waals surface area contributed by atoms with Crippen LogP contribution >= 0.6 is 0 Å². The molecule has 1 aromatic carbocycles. The lowest BCUT2D eigenvalue weighted by atomic mass is 9.70. The minimum Gasteiger partial charge on any atom is -0.455 e. The Labute approximate surface area is 254 Å². The van der Waals surface area contributed by atoms with Gasteiger partial charge >= 0.3 is 5.97 Å². The van der Waals surface area contributed by atoms with Crippen LogP contribution < -0.4 is 5.32 Å². The lowest BCUT2D eigenvalue weighted by Gasteiger charge is -2.40. The summed E-state index contributed by atoms with van der Waals surface area (Å²) in [6, 6.07) is 7.36. The number of hydrogen-bond donors (Lipinski definition) is 2. The summed E-state index contributed by atoms with van der Waals surface area (Å²) in [4.78, 5) is 57.9. The number of nitrogens with zero attached hydrogens (tertiary/aromatic N) is 2. The number of rotatable bonds is 15. The van der Waals surface area contributed by atoms with Gasteiger partial charge in [0.05, 0.1) is 37.1 Å². The first-order valence-electron chi connectivity index (χ1n) is 15.3. The fourth-order valence-corrected chi connectivity index (χ4v) is 6.94. The molecule has 0 unspecified atom stereocenters. The minimum atomic E-state index is -1.21. The summed E-state index contributed by atoms with van der Waals surface area (Å²) < 4.78 is 12.6. The molecule has 3 aliphatic rings. The Morgan fingerprint density at radius 3 is 2.56 bits per heavy atom. The second kappa shape index (κ2) is 13.9. The Balaban J connectivity index is 1.66. The Morgan fingerprint density at radius 1 is 1.23 bits per heavy atom. The highest BCUT2D eigenvalue weighted by molar-refractivity contribution is 5.98. The number of carbonyl (C=O) groups is 4. The van der Waals surface area contributed by atoms with Crippen LogP contribution in [-0.4, -0.2) is 88.1 Å². The number of ether oxygens (including phenoxy) is 2. The van der Waals surface area contributed by atoms with E-state index < -0.39 is 47.7 Å². The number of carbonyl (C=O) groups excluding carboxylic acids is 4. The third-order valence-electron chi connectivity index (χ3n) is 9.04. The first-order valence-corrected chi connectivity index (χ1v) is 15.3. The van der Waals surface area contributed by atoms with Gasteiger partial charge in [0.25, 0.3) is 0 Å². The van der Waals surface area contributed by atoms with Gasteiger partial charge < -0.3 is 29.7 Å². The maximum absolute atomic E-state index is 14.3. The Kier molecular flexibility index (Phi) is 10.4. The third kappa shape index (κ3) is 6.13. The van der Waals surface area contributed by atoms with Crippen LogP contribution in [0.1, 0.15) is 64.5 Å². The monoisotopic (exact) mass is 595 g/mol. The van der Waals surface area contributed by atoms with Gasteiger partial charge in [-0.25, -0.2) is 0 Å². The number of benzene rings is 1. The molecule has 4 rings (SSSR count). The SMILES string of the molecule is C=CCCC(=O)NC[C@H](OC(=O)[C@@H]1[C@@H]2CC[C@]3(O2)[C@H](C(=O)N(CC=C)C(C)C)N([C@@H](CC)CO)C(=O)[C@@H]13)c1ccccc1. The summed E-state index contributed by atoms with van der Waals surface area (Å²) in [6.45, 7) is 13.1. The van der Waals surface area contributed by atoms with Crippen molar-refractivity contribution in [1.82, 2.24) is 15.1 Å². The Morgan fingerprint density at radius 2 is 1.95 bits per heavy atom. The maximum Gasteiger partial charge on any atom is 0.313 e. The number of amides is 3. The molecule has 1 aromatic rings. The van der Waals surface area contributed by atoms with Crippen LogP contribution in [0.5, 0.6) is 0 Å². The fourth-order valence-electron chi connectivity index (χ4n) is 6.94. The van der Waals surface area contributed by atoms with Crippen molar-refractivity contribution in [2.24, 2.45) is 11.8 Å². The molecule has 3 amide bonds. The zero-order chi connectivity index (χ0) is 31.3. The lowest BCUT2D eigenvalue weighted by molar-refractivity contribution is -0.161. The summed E-state index contributed by atoms with van der Waals surface area (Å²) in [6.07, 6.45) is 4.09. The molecule has 0 aliphatic carbocycles. The Bertz CT molecular complexity index is 1200. The normalized spacial score (nSPS) is 27.0. The van der Waals surface area contributed by atoms with Crippen molar-refractivity contribution in [1.29, 1.82) is 0 Å². The molecule has 234 valence electrons. The molecule has 2 N–H and O–H groups in total. The molecule has 0 saturated carbocycles. The molecule has 2 bridgehead atoms. The summed E-state index contributed by atoms with van der Waals surface area (Å²) >= 11 is 0. The molecular formula is C33H45N3O7. The van der Waals surface area contributed by atoms with Crippen molar-refractivity contribution in [3.8, 4) is 0 Å². The first-order chi connectivity index (χ1) is 20.6. The molecular weight excluding hydrogens is 550 g/mol. The van der Waals surface area contributed by atoms with E-state index in [2.05, 4.69) is 18.5 Å². The van der Waals surface area contributed by atoms with Gasteiger partial charge in [0.1, 0.15) is 17.7 Å². The van der Waals surface area contributed by atoms with Gasteiger partial charge in [0.15, 0.2) is 0 Å². The first kappa shape index (κ1) is 32.4. The maximum atomic E-state index is 14.3. The second-order valence-electron chi connectivity index (χ2n) is 11.9. The smallest absolute Gasteiger partial charge is 0.313 e. The second-order valence-corrected chi connectivity index (χ2v) is 11.9. The number of aliphatic hydroxyl groups excluding tert-OH is 1. The van der Waals surface area contributed by atoms with E-state index in [0.29, 0.717) is 31.2 Å². The number of nitrogens with one attached hydrogen (secondary N) is 1. The van der Waals surface area contributed by atoms with E-state index in [4.69, 9.17) is 9.47 Å². The molecule has 10 heteroatoms. The van der Waals surface area contributed by atoms with Crippen LogP contribution in [0.25, 0.3) is 0 Å². The van der Waals surface area contributed by atoms with Crippen LogP contribution in [0, 0.1) is 11.8 Å². The third-order valence-corrected chi connectivity index (χ3v) is 9.04. The van der Waals surface area contributed by atoms with E-state index in [-0.39, 0.29) is 49.9 Å². The molecule has 3 saturated heterocycles. The number of esters is 1. The van der Waals surface area contributed by atoms with Crippen LogP contribution in [-0.2, 0) is 28.7 Å². The van der Waals surface area contributed by atoms with Crippen molar-refractivity contribution < 1.29 is 33.8 Å². The molecule has 7 atom stereocenters. The molecule has 1 spiro atoms. The van der Waals surface area contributed by atoms with E-state index in [1.54, 1.807) is 17.1 Å². The van der Waals surface area contributed by atoms with Crippen LogP contribution in [0.15, 0.2) is 55.6 Å². The van der Waals surface area contributed by atoms with Crippen molar-refractivity contribution in [3.63, 3.8) is 0 Å². The summed E-state index contributed by atoms with van der Waals surface area (Å²) in [7, 11) is 0. The molecule has 0 radical (unpaired) electrons. The molecule has 3 heterocycles. The van der Waals surface area contributed by atoms with E-state index in [0.717, 1.165) is 0 Å². The highest BCUT2D eigenvalue weighted by Gasteiger charge is 2.75. The van der Waals surface area contributed by atoms with Crippen LogP contribution in [0.4, 0.5) is 0 Å². The van der Waals surface area contributed by atoms with Crippen molar-refractivity contribution in [3.05, 3.63) is 61.2 Å². The van der Waals surface area contributed by atoms with Gasteiger partial charge in [-0.15, -0.1) is 13.2 Å². The molecule has 3 aliphatic heterocycles. The zero-order valence-corrected chi connectivity index (χ0v) is 25.4. The van der Waals surface area contributed by atoms with Gasteiger partial charge in [-0.2, -0.15) is 0 Å². The molecule has 0 aromatic heterocycles. The Hall–Kier alpha value is -3.50. The largest absolute Gasteiger partial charge is 0.455 e. The van der Waals surface area contributed by atoms with Crippen LogP contribution in [0.3, 0.4) is 0 Å². The highest BCUT2D eigenvalue weighted by atomic mass is 16.6. The van der Waals surface area contributed by atoms with E-state index in [1.807, 2.05) is 51.1 Å². The number of aliphatic hydroxyl groups is 1.